The van der Waals surface area contributed by atoms with E-state index in [0.717, 1.165) is 18.7 Å². The first kappa shape index (κ1) is 13.8. The van der Waals surface area contributed by atoms with Crippen molar-refractivity contribution >= 4 is 6.41 Å². The zero-order valence-electron chi connectivity index (χ0n) is 10.2. The van der Waals surface area contributed by atoms with Crippen molar-refractivity contribution in [2.45, 2.75) is 12.7 Å². The fourth-order valence-electron chi connectivity index (χ4n) is 1.94. The number of nitrogens with zero attached hydrogens (tertiary/aromatic N) is 3. The number of hydrogen-bond acceptors (Lipinski definition) is 3. The Balaban J connectivity index is 1.92. The van der Waals surface area contributed by atoms with Gasteiger partial charge in [-0.3, -0.25) is 14.7 Å². The summed E-state index contributed by atoms with van der Waals surface area (Å²) in [5.74, 6) is 0. The quantitative estimate of drug-likeness (QED) is 0.781. The van der Waals surface area contributed by atoms with Crippen LogP contribution in [0.25, 0.3) is 0 Å². The van der Waals surface area contributed by atoms with Crippen LogP contribution in [0.2, 0.25) is 0 Å². The lowest BCUT2D eigenvalue weighted by molar-refractivity contribution is -0.137. The van der Waals surface area contributed by atoms with Gasteiger partial charge in [-0.1, -0.05) is 0 Å². The summed E-state index contributed by atoms with van der Waals surface area (Å²) < 4.78 is 37.1. The molecule has 0 spiro atoms. The molecule has 19 heavy (non-hydrogen) atoms. The van der Waals surface area contributed by atoms with Crippen molar-refractivity contribution in [3.05, 3.63) is 29.6 Å². The van der Waals surface area contributed by atoms with Gasteiger partial charge < -0.3 is 4.90 Å². The van der Waals surface area contributed by atoms with Gasteiger partial charge in [-0.2, -0.15) is 13.2 Å². The average molecular weight is 273 g/mol. The molecular formula is C12H14F3N3O. The summed E-state index contributed by atoms with van der Waals surface area (Å²) in [6, 6.07) is 2.44. The van der Waals surface area contributed by atoms with E-state index in [-0.39, 0.29) is 0 Å². The van der Waals surface area contributed by atoms with Crippen LogP contribution in [-0.2, 0) is 17.5 Å². The second kappa shape index (κ2) is 5.56. The van der Waals surface area contributed by atoms with E-state index in [9.17, 15) is 18.0 Å². The van der Waals surface area contributed by atoms with Gasteiger partial charge in [0.1, 0.15) is 0 Å². The number of pyridine rings is 1. The van der Waals surface area contributed by atoms with Crippen molar-refractivity contribution < 1.29 is 18.0 Å². The molecule has 1 saturated heterocycles. The minimum atomic E-state index is -4.35. The number of hydrogen-bond donors (Lipinski definition) is 0. The lowest BCUT2D eigenvalue weighted by Gasteiger charge is -2.32. The zero-order valence-corrected chi connectivity index (χ0v) is 10.2. The van der Waals surface area contributed by atoms with Crippen molar-refractivity contribution in [1.82, 2.24) is 14.8 Å². The third-order valence-electron chi connectivity index (χ3n) is 3.09. The monoisotopic (exact) mass is 273 g/mol. The molecule has 1 aromatic heterocycles. The van der Waals surface area contributed by atoms with Crippen molar-refractivity contribution in [1.29, 1.82) is 0 Å². The SMILES string of the molecule is O=CN1CCN(Cc2ccc(C(F)(F)F)cn2)CC1. The molecule has 0 aromatic carbocycles. The number of amides is 1. The van der Waals surface area contributed by atoms with Gasteiger partial charge in [0.25, 0.3) is 0 Å². The molecule has 2 rings (SSSR count). The average Bonchev–Trinajstić information content (AvgIpc) is 2.39. The molecule has 0 unspecified atom stereocenters. The van der Waals surface area contributed by atoms with Gasteiger partial charge in [-0.15, -0.1) is 0 Å². The third-order valence-corrected chi connectivity index (χ3v) is 3.09. The first-order valence-corrected chi connectivity index (χ1v) is 5.93. The van der Waals surface area contributed by atoms with E-state index in [2.05, 4.69) is 9.88 Å². The molecule has 0 atom stereocenters. The zero-order chi connectivity index (χ0) is 13.9. The van der Waals surface area contributed by atoms with Gasteiger partial charge >= 0.3 is 6.18 Å². The normalized spacial score (nSPS) is 17.5. The molecule has 1 aromatic rings. The predicted molar refractivity (Wildman–Crippen MR) is 62.2 cm³/mol. The molecule has 7 heteroatoms. The van der Waals surface area contributed by atoms with E-state index in [1.807, 2.05) is 0 Å². The van der Waals surface area contributed by atoms with Crippen LogP contribution in [0.3, 0.4) is 0 Å². The molecule has 1 fully saturated rings. The van der Waals surface area contributed by atoms with Crippen LogP contribution >= 0.6 is 0 Å². The van der Waals surface area contributed by atoms with E-state index in [0.29, 0.717) is 38.4 Å². The molecule has 0 radical (unpaired) electrons. The number of aromatic nitrogens is 1. The lowest BCUT2D eigenvalue weighted by Crippen LogP contribution is -2.45. The van der Waals surface area contributed by atoms with E-state index in [1.165, 1.54) is 6.07 Å². The van der Waals surface area contributed by atoms with Crippen LogP contribution in [-0.4, -0.2) is 47.4 Å². The second-order valence-corrected chi connectivity index (χ2v) is 4.45. The molecule has 0 saturated carbocycles. The second-order valence-electron chi connectivity index (χ2n) is 4.45. The van der Waals surface area contributed by atoms with Crippen molar-refractivity contribution in [2.75, 3.05) is 26.2 Å². The maximum Gasteiger partial charge on any atom is 0.417 e. The summed E-state index contributed by atoms with van der Waals surface area (Å²) in [6.07, 6.45) is -2.67. The predicted octanol–water partition coefficient (Wildman–Crippen LogP) is 1.37. The number of rotatable bonds is 3. The molecule has 4 nitrogen and oxygen atoms in total. The number of halogens is 3. The Hall–Kier alpha value is -1.63. The van der Waals surface area contributed by atoms with E-state index in [1.54, 1.807) is 4.90 Å². The summed E-state index contributed by atoms with van der Waals surface area (Å²) in [6.45, 7) is 3.21. The third kappa shape index (κ3) is 3.66. The van der Waals surface area contributed by atoms with Crippen LogP contribution in [0.4, 0.5) is 13.2 Å². The maximum atomic E-state index is 12.4. The van der Waals surface area contributed by atoms with Crippen molar-refractivity contribution in [3.8, 4) is 0 Å². The molecular weight excluding hydrogens is 259 g/mol. The molecule has 1 amide bonds. The first-order chi connectivity index (χ1) is 8.99. The minimum Gasteiger partial charge on any atom is -0.343 e. The van der Waals surface area contributed by atoms with Crippen LogP contribution in [0.1, 0.15) is 11.3 Å². The Bertz CT molecular complexity index is 425. The van der Waals surface area contributed by atoms with E-state index < -0.39 is 11.7 Å². The largest absolute Gasteiger partial charge is 0.417 e. The highest BCUT2D eigenvalue weighted by Crippen LogP contribution is 2.28. The van der Waals surface area contributed by atoms with Crippen molar-refractivity contribution in [2.24, 2.45) is 0 Å². The Morgan fingerprint density at radius 1 is 1.21 bits per heavy atom. The fraction of sp³-hybridized carbons (Fsp3) is 0.500. The summed E-state index contributed by atoms with van der Waals surface area (Å²) in [4.78, 5) is 18.1. The Kier molecular flexibility index (Phi) is 4.04. The van der Waals surface area contributed by atoms with Gasteiger partial charge in [0.15, 0.2) is 0 Å². The standard InChI is InChI=1S/C12H14F3N3O/c13-12(14,15)10-1-2-11(16-7-10)8-17-3-5-18(9-19)6-4-17/h1-2,7,9H,3-6,8H2. The highest BCUT2D eigenvalue weighted by Gasteiger charge is 2.30. The summed E-state index contributed by atoms with van der Waals surface area (Å²) in [5.41, 5.74) is -0.130. The molecule has 0 aliphatic carbocycles. The summed E-state index contributed by atoms with van der Waals surface area (Å²) in [5, 5.41) is 0. The van der Waals surface area contributed by atoms with E-state index in [4.69, 9.17) is 0 Å². The van der Waals surface area contributed by atoms with Crippen molar-refractivity contribution in [3.63, 3.8) is 0 Å². The van der Waals surface area contributed by atoms with Gasteiger partial charge in [0.2, 0.25) is 6.41 Å². The van der Waals surface area contributed by atoms with E-state index >= 15 is 0 Å². The van der Waals surface area contributed by atoms with Crippen LogP contribution in [0.5, 0.6) is 0 Å². The lowest BCUT2D eigenvalue weighted by atomic mass is 10.2. The Morgan fingerprint density at radius 3 is 2.37 bits per heavy atom. The molecule has 1 aliphatic rings. The number of alkyl halides is 3. The van der Waals surface area contributed by atoms with Gasteiger partial charge in [-0.25, -0.2) is 0 Å². The maximum absolute atomic E-state index is 12.4. The Labute approximate surface area is 108 Å². The smallest absolute Gasteiger partial charge is 0.343 e. The molecule has 0 bridgehead atoms. The summed E-state index contributed by atoms with van der Waals surface area (Å²) in [7, 11) is 0. The minimum absolute atomic E-state index is 0.505. The highest BCUT2D eigenvalue weighted by molar-refractivity contribution is 5.47. The topological polar surface area (TPSA) is 36.4 Å². The molecule has 2 heterocycles. The molecule has 1 aliphatic heterocycles. The highest BCUT2D eigenvalue weighted by atomic mass is 19.4. The Morgan fingerprint density at radius 2 is 1.89 bits per heavy atom. The van der Waals surface area contributed by atoms with Gasteiger partial charge in [-0.05, 0) is 12.1 Å². The molecule has 0 N–H and O–H groups in total. The van der Waals surface area contributed by atoms with Gasteiger partial charge in [0, 0.05) is 38.9 Å². The number of carbonyl (C=O) groups is 1. The first-order valence-electron chi connectivity index (χ1n) is 5.93. The van der Waals surface area contributed by atoms with Crippen LogP contribution < -0.4 is 0 Å². The summed E-state index contributed by atoms with van der Waals surface area (Å²) >= 11 is 0. The number of piperazine rings is 1. The van der Waals surface area contributed by atoms with Crippen LogP contribution in [0, 0.1) is 0 Å². The van der Waals surface area contributed by atoms with Gasteiger partial charge in [0.05, 0.1) is 11.3 Å². The molecule has 104 valence electrons. The number of carbonyl (C=O) groups excluding carboxylic acids is 1. The fourth-order valence-corrected chi connectivity index (χ4v) is 1.94. The van der Waals surface area contributed by atoms with Crippen LogP contribution in [0.15, 0.2) is 18.3 Å².